The Labute approximate surface area is 174 Å². The van der Waals surface area contributed by atoms with Crippen LogP contribution in [0.2, 0.25) is 0 Å². The highest BCUT2D eigenvalue weighted by Crippen LogP contribution is 2.28. The fourth-order valence-corrected chi connectivity index (χ4v) is 3.83. The van der Waals surface area contributed by atoms with Crippen molar-refractivity contribution in [1.29, 1.82) is 0 Å². The van der Waals surface area contributed by atoms with E-state index < -0.39 is 0 Å². The predicted octanol–water partition coefficient (Wildman–Crippen LogP) is 2.59. The van der Waals surface area contributed by atoms with Crippen LogP contribution in [0.4, 0.5) is 11.8 Å². The number of methoxy groups -OCH3 is 1. The number of nitrogens with one attached hydrogen (secondary N) is 2. The van der Waals surface area contributed by atoms with Crippen molar-refractivity contribution in [2.24, 2.45) is 5.92 Å². The number of hydrogen-bond acceptors (Lipinski definition) is 8. The lowest BCUT2D eigenvalue weighted by atomic mass is 10.0. The molecule has 3 rings (SSSR count). The zero-order chi connectivity index (χ0) is 19.8. The molecule has 2 aromatic heterocycles. The molecule has 0 amide bonds. The second kappa shape index (κ2) is 10.5. The second-order valence-corrected chi connectivity index (χ2v) is 7.98. The molecule has 0 aliphatic carbocycles. The number of thiocarbonyl (C=S) groups is 1. The molecule has 0 aromatic carbocycles. The van der Waals surface area contributed by atoms with Crippen LogP contribution in [0.3, 0.4) is 0 Å². The predicted molar refractivity (Wildman–Crippen MR) is 115 cm³/mol. The van der Waals surface area contributed by atoms with Gasteiger partial charge in [0.2, 0.25) is 5.95 Å². The molecule has 3 heterocycles. The minimum Gasteiger partial charge on any atom is -0.383 e. The van der Waals surface area contributed by atoms with E-state index in [1.54, 1.807) is 25.6 Å². The van der Waals surface area contributed by atoms with E-state index in [9.17, 15) is 0 Å². The van der Waals surface area contributed by atoms with Crippen molar-refractivity contribution in [3.63, 3.8) is 0 Å². The van der Waals surface area contributed by atoms with Gasteiger partial charge >= 0.3 is 0 Å². The number of hydrogen-bond donors (Lipinski definition) is 2. The van der Waals surface area contributed by atoms with Gasteiger partial charge in [-0.15, -0.1) is 0 Å². The molecule has 1 fully saturated rings. The van der Waals surface area contributed by atoms with Gasteiger partial charge < -0.3 is 20.3 Å². The van der Waals surface area contributed by atoms with Crippen LogP contribution in [-0.4, -0.2) is 58.4 Å². The van der Waals surface area contributed by atoms with Gasteiger partial charge in [-0.25, -0.2) is 15.0 Å². The largest absolute Gasteiger partial charge is 0.383 e. The minimum absolute atomic E-state index is 0.462. The Bertz CT molecular complexity index is 778. The smallest absolute Gasteiger partial charge is 0.232 e. The highest BCUT2D eigenvalue weighted by atomic mass is 32.2. The molecule has 1 aliphatic heterocycles. The van der Waals surface area contributed by atoms with E-state index >= 15 is 0 Å². The Balaban J connectivity index is 1.79. The first-order chi connectivity index (χ1) is 13.6. The topological polar surface area (TPSA) is 88.1 Å². The number of aromatic nitrogens is 4. The first kappa shape index (κ1) is 20.7. The summed E-state index contributed by atoms with van der Waals surface area (Å²) in [5, 5.41) is 8.04. The molecule has 10 heteroatoms. The summed E-state index contributed by atoms with van der Waals surface area (Å²) in [7, 11) is 1.65. The van der Waals surface area contributed by atoms with Gasteiger partial charge in [-0.2, -0.15) is 4.98 Å². The summed E-state index contributed by atoms with van der Waals surface area (Å²) in [6.45, 7) is 5.43. The summed E-state index contributed by atoms with van der Waals surface area (Å²) < 4.78 is 5.03. The molecule has 2 N–H and O–H groups in total. The van der Waals surface area contributed by atoms with Crippen molar-refractivity contribution in [1.82, 2.24) is 25.3 Å². The number of nitrogens with zero attached hydrogens (tertiary/aromatic N) is 5. The van der Waals surface area contributed by atoms with Crippen molar-refractivity contribution < 1.29 is 4.74 Å². The third-order valence-corrected chi connectivity index (χ3v) is 5.28. The van der Waals surface area contributed by atoms with Crippen molar-refractivity contribution >= 4 is 40.9 Å². The molecule has 0 radical (unpaired) electrons. The summed E-state index contributed by atoms with van der Waals surface area (Å²) in [4.78, 5) is 20.1. The van der Waals surface area contributed by atoms with Gasteiger partial charge in [0.25, 0.3) is 0 Å². The molecular formula is C18H25N7OS2. The van der Waals surface area contributed by atoms with E-state index in [4.69, 9.17) is 21.9 Å². The molecule has 1 unspecified atom stereocenters. The van der Waals surface area contributed by atoms with Crippen molar-refractivity contribution in [3.8, 4) is 0 Å². The Morgan fingerprint density at radius 3 is 2.93 bits per heavy atom. The van der Waals surface area contributed by atoms with Crippen LogP contribution in [0.25, 0.3) is 0 Å². The monoisotopic (exact) mass is 419 g/mol. The van der Waals surface area contributed by atoms with E-state index in [1.165, 1.54) is 18.2 Å². The normalized spacial score (nSPS) is 16.6. The van der Waals surface area contributed by atoms with Crippen LogP contribution in [0.15, 0.2) is 34.7 Å². The number of piperidine rings is 1. The van der Waals surface area contributed by atoms with Gasteiger partial charge in [-0.05, 0) is 48.8 Å². The quantitative estimate of drug-likeness (QED) is 0.302. The maximum absolute atomic E-state index is 5.34. The van der Waals surface area contributed by atoms with E-state index in [0.29, 0.717) is 35.3 Å². The Morgan fingerprint density at radius 2 is 2.18 bits per heavy atom. The third kappa shape index (κ3) is 6.25. The van der Waals surface area contributed by atoms with Crippen LogP contribution in [-0.2, 0) is 4.74 Å². The fraction of sp³-hybridized carbons (Fsp3) is 0.500. The first-order valence-corrected chi connectivity index (χ1v) is 10.5. The summed E-state index contributed by atoms with van der Waals surface area (Å²) >= 11 is 6.74. The number of anilines is 2. The van der Waals surface area contributed by atoms with E-state index in [1.807, 2.05) is 6.07 Å². The van der Waals surface area contributed by atoms with Crippen LogP contribution in [0.5, 0.6) is 0 Å². The van der Waals surface area contributed by atoms with Crippen molar-refractivity contribution in [2.45, 2.75) is 29.9 Å². The molecule has 1 atom stereocenters. The lowest BCUT2D eigenvalue weighted by Gasteiger charge is -2.32. The Kier molecular flexibility index (Phi) is 7.75. The zero-order valence-corrected chi connectivity index (χ0v) is 17.7. The molecule has 28 heavy (non-hydrogen) atoms. The van der Waals surface area contributed by atoms with E-state index in [2.05, 4.69) is 37.4 Å². The van der Waals surface area contributed by atoms with Crippen molar-refractivity contribution in [3.05, 3.63) is 24.5 Å². The molecule has 0 bridgehead atoms. The minimum atomic E-state index is 0.462. The fourth-order valence-electron chi connectivity index (χ4n) is 2.92. The molecular weight excluding hydrogens is 394 g/mol. The lowest BCUT2D eigenvalue weighted by molar-refractivity contribution is 0.204. The summed E-state index contributed by atoms with van der Waals surface area (Å²) in [5.41, 5.74) is 0. The molecule has 150 valence electrons. The zero-order valence-electron chi connectivity index (χ0n) is 16.1. The Morgan fingerprint density at radius 1 is 1.36 bits per heavy atom. The SMILES string of the molecule is COCCNC(=S)Nc1nc(Sc2ncccn2)cc(N2CCCC(C)C2)n1. The van der Waals surface area contributed by atoms with Gasteiger partial charge in [0.05, 0.1) is 6.61 Å². The van der Waals surface area contributed by atoms with Gasteiger partial charge in [-0.3, -0.25) is 0 Å². The Hall–Kier alpha value is -2.04. The second-order valence-electron chi connectivity index (χ2n) is 6.59. The van der Waals surface area contributed by atoms with Crippen LogP contribution in [0.1, 0.15) is 19.8 Å². The molecule has 0 spiro atoms. The summed E-state index contributed by atoms with van der Waals surface area (Å²) in [6, 6.07) is 3.79. The molecule has 1 saturated heterocycles. The number of ether oxygens (including phenoxy) is 1. The van der Waals surface area contributed by atoms with Crippen LogP contribution < -0.4 is 15.5 Å². The van der Waals surface area contributed by atoms with E-state index in [0.717, 1.165) is 30.4 Å². The molecule has 8 nitrogen and oxygen atoms in total. The van der Waals surface area contributed by atoms with Crippen LogP contribution >= 0.6 is 24.0 Å². The number of rotatable bonds is 7. The van der Waals surface area contributed by atoms with Crippen molar-refractivity contribution in [2.75, 3.05) is 43.6 Å². The highest BCUT2D eigenvalue weighted by Gasteiger charge is 2.20. The summed E-state index contributed by atoms with van der Waals surface area (Å²) in [5.74, 6) is 2.00. The van der Waals surface area contributed by atoms with Gasteiger partial charge in [0.15, 0.2) is 10.3 Å². The van der Waals surface area contributed by atoms with Crippen LogP contribution in [0, 0.1) is 5.92 Å². The van der Waals surface area contributed by atoms with Gasteiger partial charge in [0, 0.05) is 45.2 Å². The maximum atomic E-state index is 5.34. The lowest BCUT2D eigenvalue weighted by Crippen LogP contribution is -2.35. The average Bonchev–Trinajstić information content (AvgIpc) is 2.69. The molecule has 0 saturated carbocycles. The van der Waals surface area contributed by atoms with Gasteiger partial charge in [0.1, 0.15) is 10.8 Å². The average molecular weight is 420 g/mol. The molecule has 2 aromatic rings. The first-order valence-electron chi connectivity index (χ1n) is 9.26. The van der Waals surface area contributed by atoms with E-state index in [-0.39, 0.29) is 0 Å². The third-order valence-electron chi connectivity index (χ3n) is 4.23. The highest BCUT2D eigenvalue weighted by molar-refractivity contribution is 7.99. The summed E-state index contributed by atoms with van der Waals surface area (Å²) in [6.07, 6.45) is 5.85. The maximum Gasteiger partial charge on any atom is 0.232 e. The van der Waals surface area contributed by atoms with Gasteiger partial charge in [-0.1, -0.05) is 6.92 Å². The molecule has 1 aliphatic rings. The standard InChI is InChI=1S/C18H25N7OS2/c1-13-5-3-9-25(12-13)14-11-15(28-18-20-6-4-7-21-18)23-16(22-14)24-17(27)19-8-10-26-2/h4,6-7,11,13H,3,5,8-10,12H2,1-2H3,(H2,19,22,23,24,27).